The van der Waals surface area contributed by atoms with E-state index >= 15 is 0 Å². The molecule has 0 amide bonds. The Morgan fingerprint density at radius 1 is 0.880 bits per heavy atom. The average molecular weight is 354 g/mol. The van der Waals surface area contributed by atoms with Gasteiger partial charge in [-0.25, -0.2) is 0 Å². The normalized spacial score (nSPS) is 9.88. The van der Waals surface area contributed by atoms with Crippen LogP contribution in [0.3, 0.4) is 0 Å². The second-order valence-corrected chi connectivity index (χ2v) is 5.91. The lowest BCUT2D eigenvalue weighted by atomic mass is 10.0. The van der Waals surface area contributed by atoms with Crippen molar-refractivity contribution in [3.05, 3.63) is 89.4 Å². The number of nitrogens with one attached hydrogen (secondary N) is 1. The predicted molar refractivity (Wildman–Crippen MR) is 107 cm³/mol. The first-order valence-electron chi connectivity index (χ1n) is 8.38. The summed E-state index contributed by atoms with van der Waals surface area (Å²) in [6, 6.07) is 26.1. The standard InChI is InChI=1S/C16H18ClNO.C6H6/c1-3-18-11-12-4-9-16(19-2)15(10-12)13-5-7-14(17)8-6-13;1-2-4-6-5-3-1/h4-10,18H,3,11H2,1-2H3;1-6H. The Balaban J connectivity index is 0.000000316. The van der Waals surface area contributed by atoms with Gasteiger partial charge in [0.1, 0.15) is 5.75 Å². The SMILES string of the molecule is CCNCc1ccc(OC)c(-c2ccc(Cl)cc2)c1.c1ccccc1. The molecular weight excluding hydrogens is 330 g/mol. The van der Waals surface area contributed by atoms with Crippen molar-refractivity contribution in [1.82, 2.24) is 5.32 Å². The smallest absolute Gasteiger partial charge is 0.126 e. The molecule has 0 radical (unpaired) electrons. The molecule has 0 aromatic heterocycles. The van der Waals surface area contributed by atoms with Crippen molar-refractivity contribution in [1.29, 1.82) is 0 Å². The van der Waals surface area contributed by atoms with Crippen LogP contribution in [0.4, 0.5) is 0 Å². The first kappa shape index (κ1) is 19.0. The van der Waals surface area contributed by atoms with Crippen molar-refractivity contribution in [2.45, 2.75) is 13.5 Å². The summed E-state index contributed by atoms with van der Waals surface area (Å²) in [5.74, 6) is 0.877. The minimum absolute atomic E-state index is 0.742. The summed E-state index contributed by atoms with van der Waals surface area (Å²) in [5, 5.41) is 4.07. The molecule has 130 valence electrons. The highest BCUT2D eigenvalue weighted by atomic mass is 35.5. The molecule has 1 N–H and O–H groups in total. The Hall–Kier alpha value is -2.29. The van der Waals surface area contributed by atoms with E-state index in [9.17, 15) is 0 Å². The van der Waals surface area contributed by atoms with Crippen LogP contribution in [0, 0.1) is 0 Å². The van der Waals surface area contributed by atoms with E-state index in [1.165, 1.54) is 5.56 Å². The molecule has 0 unspecified atom stereocenters. The Kier molecular flexibility index (Phi) is 8.03. The molecule has 3 rings (SSSR count). The summed E-state index contributed by atoms with van der Waals surface area (Å²) in [6.07, 6.45) is 0. The Labute approximate surface area is 155 Å². The number of hydrogen-bond donors (Lipinski definition) is 1. The lowest BCUT2D eigenvalue weighted by Gasteiger charge is -2.11. The number of halogens is 1. The van der Waals surface area contributed by atoms with Crippen LogP contribution in [0.5, 0.6) is 5.75 Å². The summed E-state index contributed by atoms with van der Waals surface area (Å²) in [4.78, 5) is 0. The van der Waals surface area contributed by atoms with Crippen molar-refractivity contribution in [2.24, 2.45) is 0 Å². The third kappa shape index (κ3) is 6.26. The van der Waals surface area contributed by atoms with Crippen LogP contribution in [0.25, 0.3) is 11.1 Å². The molecule has 2 nitrogen and oxygen atoms in total. The van der Waals surface area contributed by atoms with E-state index in [1.807, 2.05) is 66.7 Å². The maximum atomic E-state index is 5.93. The van der Waals surface area contributed by atoms with Crippen LogP contribution >= 0.6 is 11.6 Å². The molecule has 3 heteroatoms. The third-order valence-electron chi connectivity index (χ3n) is 3.66. The lowest BCUT2D eigenvalue weighted by molar-refractivity contribution is 0.416. The molecule has 0 fully saturated rings. The van der Waals surface area contributed by atoms with Gasteiger partial charge in [-0.05, 0) is 41.9 Å². The van der Waals surface area contributed by atoms with Gasteiger partial charge in [0.05, 0.1) is 7.11 Å². The number of rotatable bonds is 5. The largest absolute Gasteiger partial charge is 0.496 e. The van der Waals surface area contributed by atoms with E-state index < -0.39 is 0 Å². The lowest BCUT2D eigenvalue weighted by Crippen LogP contribution is -2.11. The van der Waals surface area contributed by atoms with Crippen LogP contribution in [0.1, 0.15) is 12.5 Å². The molecule has 0 atom stereocenters. The first-order valence-corrected chi connectivity index (χ1v) is 8.76. The highest BCUT2D eigenvalue weighted by Gasteiger charge is 2.07. The monoisotopic (exact) mass is 353 g/mol. The highest BCUT2D eigenvalue weighted by Crippen LogP contribution is 2.31. The number of benzene rings is 3. The molecule has 3 aromatic rings. The molecule has 0 spiro atoms. The average Bonchev–Trinajstić information content (AvgIpc) is 2.68. The highest BCUT2D eigenvalue weighted by molar-refractivity contribution is 6.30. The van der Waals surface area contributed by atoms with E-state index in [-0.39, 0.29) is 0 Å². The van der Waals surface area contributed by atoms with Gasteiger partial charge in [0.25, 0.3) is 0 Å². The summed E-state index contributed by atoms with van der Waals surface area (Å²) in [6.45, 7) is 3.92. The van der Waals surface area contributed by atoms with Crippen LogP contribution in [0.2, 0.25) is 5.02 Å². The van der Waals surface area contributed by atoms with Gasteiger partial charge in [-0.1, -0.05) is 73.1 Å². The molecule has 0 aliphatic carbocycles. The van der Waals surface area contributed by atoms with Crippen LogP contribution in [-0.4, -0.2) is 13.7 Å². The van der Waals surface area contributed by atoms with Gasteiger partial charge in [0.2, 0.25) is 0 Å². The van der Waals surface area contributed by atoms with Crippen LogP contribution < -0.4 is 10.1 Å². The molecule has 0 aliphatic heterocycles. The van der Waals surface area contributed by atoms with Crippen molar-refractivity contribution >= 4 is 11.6 Å². The second kappa shape index (κ2) is 10.5. The first-order chi connectivity index (χ1) is 12.2. The Bertz CT molecular complexity index is 715. The van der Waals surface area contributed by atoms with Gasteiger partial charge >= 0.3 is 0 Å². The van der Waals surface area contributed by atoms with E-state index in [4.69, 9.17) is 16.3 Å². The minimum atomic E-state index is 0.742. The van der Waals surface area contributed by atoms with E-state index in [1.54, 1.807) is 7.11 Å². The zero-order valence-corrected chi connectivity index (χ0v) is 15.5. The van der Waals surface area contributed by atoms with E-state index in [0.717, 1.165) is 35.0 Å². The number of ether oxygens (including phenoxy) is 1. The zero-order valence-electron chi connectivity index (χ0n) is 14.7. The maximum absolute atomic E-state index is 5.93. The second-order valence-electron chi connectivity index (χ2n) is 5.48. The van der Waals surface area contributed by atoms with Crippen molar-refractivity contribution in [2.75, 3.05) is 13.7 Å². The minimum Gasteiger partial charge on any atom is -0.496 e. The van der Waals surface area contributed by atoms with Crippen molar-refractivity contribution in [3.8, 4) is 16.9 Å². The molecule has 0 heterocycles. The van der Waals surface area contributed by atoms with E-state index in [2.05, 4.69) is 24.4 Å². The summed E-state index contributed by atoms with van der Waals surface area (Å²) in [5.41, 5.74) is 3.45. The molecule has 0 saturated heterocycles. The summed E-state index contributed by atoms with van der Waals surface area (Å²) >= 11 is 5.93. The van der Waals surface area contributed by atoms with Crippen LogP contribution in [-0.2, 0) is 6.54 Å². The number of hydrogen-bond acceptors (Lipinski definition) is 2. The predicted octanol–water partition coefficient (Wildman–Crippen LogP) is 5.81. The topological polar surface area (TPSA) is 21.3 Å². The number of methoxy groups -OCH3 is 1. The third-order valence-corrected chi connectivity index (χ3v) is 3.92. The Morgan fingerprint density at radius 2 is 1.48 bits per heavy atom. The molecule has 25 heavy (non-hydrogen) atoms. The molecule has 0 aliphatic rings. The summed E-state index contributed by atoms with van der Waals surface area (Å²) < 4.78 is 5.44. The zero-order chi connectivity index (χ0) is 17.9. The van der Waals surface area contributed by atoms with Crippen molar-refractivity contribution < 1.29 is 4.74 Å². The van der Waals surface area contributed by atoms with Gasteiger partial charge in [0, 0.05) is 17.1 Å². The molecule has 3 aromatic carbocycles. The summed E-state index contributed by atoms with van der Waals surface area (Å²) in [7, 11) is 1.69. The fourth-order valence-corrected chi connectivity index (χ4v) is 2.50. The van der Waals surface area contributed by atoms with Crippen molar-refractivity contribution in [3.63, 3.8) is 0 Å². The van der Waals surface area contributed by atoms with Gasteiger partial charge in [-0.2, -0.15) is 0 Å². The quantitative estimate of drug-likeness (QED) is 0.624. The molecular formula is C22H24ClNO. The molecule has 0 saturated carbocycles. The fraction of sp³-hybridized carbons (Fsp3) is 0.182. The van der Waals surface area contributed by atoms with Crippen LogP contribution in [0.15, 0.2) is 78.9 Å². The van der Waals surface area contributed by atoms with Gasteiger partial charge < -0.3 is 10.1 Å². The fourth-order valence-electron chi connectivity index (χ4n) is 2.37. The molecule has 0 bridgehead atoms. The van der Waals surface area contributed by atoms with E-state index in [0.29, 0.717) is 0 Å². The Morgan fingerprint density at radius 3 is 2.00 bits per heavy atom. The van der Waals surface area contributed by atoms with Gasteiger partial charge in [0.15, 0.2) is 0 Å². The van der Waals surface area contributed by atoms with Gasteiger partial charge in [-0.3, -0.25) is 0 Å². The maximum Gasteiger partial charge on any atom is 0.126 e. The van der Waals surface area contributed by atoms with Gasteiger partial charge in [-0.15, -0.1) is 0 Å².